The first-order chi connectivity index (χ1) is 11.4. The van der Waals surface area contributed by atoms with Crippen LogP contribution in [0.25, 0.3) is 0 Å². The molecule has 0 bridgehead atoms. The first-order valence-electron chi connectivity index (χ1n) is 6.93. The second-order valence-electron chi connectivity index (χ2n) is 4.89. The molecule has 0 spiro atoms. The summed E-state index contributed by atoms with van der Waals surface area (Å²) in [6.45, 7) is 0.106. The van der Waals surface area contributed by atoms with E-state index in [-0.39, 0.29) is 23.4 Å². The highest BCUT2D eigenvalue weighted by atomic mass is 32.2. The van der Waals surface area contributed by atoms with Gasteiger partial charge in [0, 0.05) is 12.8 Å². The number of amides is 1. The van der Waals surface area contributed by atoms with E-state index >= 15 is 0 Å². The third-order valence-electron chi connectivity index (χ3n) is 2.93. The number of carbonyl (C=O) groups excluding carboxylic acids is 1. The molecule has 1 aromatic carbocycles. The second-order valence-corrected chi connectivity index (χ2v) is 6.80. The van der Waals surface area contributed by atoms with Crippen LogP contribution in [-0.4, -0.2) is 44.3 Å². The maximum atomic E-state index is 11.8. The van der Waals surface area contributed by atoms with Gasteiger partial charge in [0.2, 0.25) is 15.0 Å². The Labute approximate surface area is 139 Å². The molecule has 0 radical (unpaired) electrons. The molecule has 0 aliphatic carbocycles. The number of methoxy groups -OCH3 is 1. The van der Waals surface area contributed by atoms with Crippen molar-refractivity contribution in [3.63, 3.8) is 0 Å². The van der Waals surface area contributed by atoms with Crippen molar-refractivity contribution < 1.29 is 22.7 Å². The van der Waals surface area contributed by atoms with E-state index in [1.807, 2.05) is 24.3 Å². The number of nitrogens with zero attached hydrogens (tertiary/aromatic N) is 2. The molecule has 9 heteroatoms. The minimum absolute atomic E-state index is 0.207. The van der Waals surface area contributed by atoms with Crippen molar-refractivity contribution in [1.29, 1.82) is 0 Å². The van der Waals surface area contributed by atoms with Crippen LogP contribution in [-0.2, 0) is 21.2 Å². The van der Waals surface area contributed by atoms with Gasteiger partial charge in [0.05, 0.1) is 19.5 Å². The first-order valence-corrected chi connectivity index (χ1v) is 8.82. The van der Waals surface area contributed by atoms with E-state index < -0.39 is 9.84 Å². The number of hydrogen-bond acceptors (Lipinski definition) is 7. The van der Waals surface area contributed by atoms with E-state index in [4.69, 9.17) is 9.47 Å². The lowest BCUT2D eigenvalue weighted by Crippen LogP contribution is -2.28. The highest BCUT2D eigenvalue weighted by molar-refractivity contribution is 7.90. The molecule has 24 heavy (non-hydrogen) atoms. The third kappa shape index (κ3) is 5.20. The Balaban J connectivity index is 1.82. The Morgan fingerprint density at radius 2 is 1.92 bits per heavy atom. The molecule has 1 N–H and O–H groups in total. The van der Waals surface area contributed by atoms with Crippen molar-refractivity contribution in [3.8, 4) is 11.5 Å². The van der Waals surface area contributed by atoms with Crippen molar-refractivity contribution in [2.45, 2.75) is 11.7 Å². The minimum atomic E-state index is -3.46. The summed E-state index contributed by atoms with van der Waals surface area (Å²) >= 11 is 0. The van der Waals surface area contributed by atoms with Crippen molar-refractivity contribution in [1.82, 2.24) is 15.3 Å². The topological polar surface area (TPSA) is 107 Å². The number of benzene rings is 1. The fourth-order valence-corrected chi connectivity index (χ4v) is 2.24. The van der Waals surface area contributed by atoms with E-state index in [2.05, 4.69) is 15.3 Å². The van der Waals surface area contributed by atoms with Crippen molar-refractivity contribution >= 4 is 15.7 Å². The third-order valence-corrected chi connectivity index (χ3v) is 3.80. The Kier molecular flexibility index (Phi) is 5.69. The van der Waals surface area contributed by atoms with E-state index in [0.29, 0.717) is 12.3 Å². The summed E-state index contributed by atoms with van der Waals surface area (Å²) in [4.78, 5) is 19.1. The number of hydrogen-bond donors (Lipinski definition) is 1. The van der Waals surface area contributed by atoms with Crippen LogP contribution in [0.4, 0.5) is 0 Å². The summed E-state index contributed by atoms with van der Waals surface area (Å²) in [6.07, 6.45) is 3.42. The summed E-state index contributed by atoms with van der Waals surface area (Å²) < 4.78 is 32.8. The predicted molar refractivity (Wildman–Crippen MR) is 85.5 cm³/mol. The predicted octanol–water partition coefficient (Wildman–Crippen LogP) is 0.584. The van der Waals surface area contributed by atoms with Gasteiger partial charge < -0.3 is 14.8 Å². The maximum absolute atomic E-state index is 11.8. The van der Waals surface area contributed by atoms with Crippen molar-refractivity contribution in [3.05, 3.63) is 42.2 Å². The zero-order valence-corrected chi connectivity index (χ0v) is 14.0. The lowest BCUT2D eigenvalue weighted by Gasteiger charge is -2.08. The van der Waals surface area contributed by atoms with Gasteiger partial charge in [-0.05, 0) is 17.7 Å². The normalized spacial score (nSPS) is 10.9. The molecule has 2 rings (SSSR count). The molecule has 0 saturated carbocycles. The zero-order chi connectivity index (χ0) is 17.6. The molecule has 0 fully saturated rings. The van der Waals surface area contributed by atoms with Crippen LogP contribution in [0.1, 0.15) is 5.56 Å². The van der Waals surface area contributed by atoms with E-state index in [0.717, 1.165) is 11.8 Å². The van der Waals surface area contributed by atoms with Crippen molar-refractivity contribution in [2.75, 3.05) is 20.0 Å². The Morgan fingerprint density at radius 3 is 2.54 bits per heavy atom. The Hall–Kier alpha value is -2.68. The van der Waals surface area contributed by atoms with Crippen LogP contribution >= 0.6 is 0 Å². The maximum Gasteiger partial charge on any atom is 0.258 e. The Bertz CT molecular complexity index is 806. The summed E-state index contributed by atoms with van der Waals surface area (Å²) in [5, 5.41) is 2.41. The number of sulfone groups is 1. The van der Waals surface area contributed by atoms with Gasteiger partial charge in [-0.2, -0.15) is 0 Å². The number of ether oxygens (including phenoxy) is 2. The molecule has 0 aliphatic rings. The molecular formula is C15H17N3O5S. The molecule has 1 heterocycles. The van der Waals surface area contributed by atoms with Gasteiger partial charge >= 0.3 is 0 Å². The van der Waals surface area contributed by atoms with Gasteiger partial charge in [0.25, 0.3) is 5.91 Å². The van der Waals surface area contributed by atoms with Crippen LogP contribution in [0.5, 0.6) is 11.5 Å². The lowest BCUT2D eigenvalue weighted by molar-refractivity contribution is -0.123. The van der Waals surface area contributed by atoms with Crippen LogP contribution in [0.3, 0.4) is 0 Å². The number of aromatic nitrogens is 2. The summed E-state index contributed by atoms with van der Waals surface area (Å²) in [5.41, 5.74) is 0.892. The molecule has 0 unspecified atom stereocenters. The van der Waals surface area contributed by atoms with Crippen LogP contribution in [0.2, 0.25) is 0 Å². The number of carbonyl (C=O) groups is 1. The molecule has 128 valence electrons. The van der Waals surface area contributed by atoms with E-state index in [1.165, 1.54) is 12.4 Å². The van der Waals surface area contributed by atoms with E-state index in [9.17, 15) is 13.2 Å². The highest BCUT2D eigenvalue weighted by Crippen LogP contribution is 2.12. The van der Waals surface area contributed by atoms with Crippen molar-refractivity contribution in [2.24, 2.45) is 0 Å². The van der Waals surface area contributed by atoms with Crippen LogP contribution in [0.15, 0.2) is 41.8 Å². The van der Waals surface area contributed by atoms with Gasteiger partial charge in [0.1, 0.15) is 5.75 Å². The van der Waals surface area contributed by atoms with Gasteiger partial charge in [-0.15, -0.1) is 0 Å². The summed E-state index contributed by atoms with van der Waals surface area (Å²) in [7, 11) is -1.89. The largest absolute Gasteiger partial charge is 0.497 e. The second kappa shape index (κ2) is 7.73. The van der Waals surface area contributed by atoms with Crippen LogP contribution in [0, 0.1) is 0 Å². The highest BCUT2D eigenvalue weighted by Gasteiger charge is 2.11. The van der Waals surface area contributed by atoms with Gasteiger partial charge in [-0.1, -0.05) is 12.1 Å². The Morgan fingerprint density at radius 1 is 1.21 bits per heavy atom. The molecule has 0 aliphatic heterocycles. The minimum Gasteiger partial charge on any atom is -0.497 e. The van der Waals surface area contributed by atoms with Crippen LogP contribution < -0.4 is 14.8 Å². The fourth-order valence-electron chi connectivity index (χ4n) is 1.75. The molecule has 2 aromatic rings. The van der Waals surface area contributed by atoms with Gasteiger partial charge in [-0.3, -0.25) is 4.79 Å². The average molecular weight is 351 g/mol. The first kappa shape index (κ1) is 17.7. The number of nitrogens with one attached hydrogen (secondary N) is 1. The molecule has 0 atom stereocenters. The fraction of sp³-hybridized carbons (Fsp3) is 0.267. The average Bonchev–Trinajstić information content (AvgIpc) is 2.58. The van der Waals surface area contributed by atoms with Gasteiger partial charge in [0.15, 0.2) is 12.4 Å². The van der Waals surface area contributed by atoms with E-state index in [1.54, 1.807) is 7.11 Å². The quantitative estimate of drug-likeness (QED) is 0.727. The molecular weight excluding hydrogens is 334 g/mol. The van der Waals surface area contributed by atoms with Gasteiger partial charge in [-0.25, -0.2) is 18.4 Å². The SMILES string of the molecule is COc1cccc(CNC(=O)COc2cnc(S(C)(=O)=O)nc2)c1. The molecule has 1 amide bonds. The zero-order valence-electron chi connectivity index (χ0n) is 13.2. The molecule has 1 aromatic heterocycles. The smallest absolute Gasteiger partial charge is 0.258 e. The lowest BCUT2D eigenvalue weighted by atomic mass is 10.2. The monoisotopic (exact) mass is 351 g/mol. The molecule has 0 saturated heterocycles. The standard InChI is InChI=1S/C15H17N3O5S/c1-22-12-5-3-4-11(6-12)7-16-14(19)10-23-13-8-17-15(18-9-13)24(2,20)21/h3-6,8-9H,7,10H2,1-2H3,(H,16,19). The number of rotatable bonds is 7. The summed E-state index contributed by atoms with van der Waals surface area (Å²) in [5.74, 6) is 0.588. The summed E-state index contributed by atoms with van der Waals surface area (Å²) in [6, 6.07) is 7.33. The molecule has 8 nitrogen and oxygen atoms in total.